The van der Waals surface area contributed by atoms with Crippen LogP contribution in [0, 0.1) is 5.95 Å². The molecule has 0 bridgehead atoms. The lowest BCUT2D eigenvalue weighted by molar-refractivity contribution is 0.556. The summed E-state index contributed by atoms with van der Waals surface area (Å²) < 4.78 is 13.4. The predicted octanol–water partition coefficient (Wildman–Crippen LogP) is 1.82. The minimum absolute atomic E-state index is 0.0260. The van der Waals surface area contributed by atoms with E-state index in [1.807, 2.05) is 0 Å². The van der Waals surface area contributed by atoms with E-state index in [0.29, 0.717) is 4.47 Å². The Morgan fingerprint density at radius 1 is 1.75 bits per heavy atom. The molecular weight excluding hydrogens is 227 g/mol. The lowest BCUT2D eigenvalue weighted by Crippen LogP contribution is -1.91. The van der Waals surface area contributed by atoms with Gasteiger partial charge in [0, 0.05) is 16.2 Å². The highest BCUT2D eigenvalue weighted by atomic mass is 79.9. The topological polar surface area (TPSA) is 42.3 Å². The van der Waals surface area contributed by atoms with Gasteiger partial charge >= 0.3 is 0 Å². The molecule has 0 atom stereocenters. The maximum atomic E-state index is 12.8. The van der Waals surface area contributed by atoms with Crippen LogP contribution in [0.4, 0.5) is 4.39 Å². The Labute approximate surface area is 76.5 Å². The van der Waals surface area contributed by atoms with Crippen molar-refractivity contribution in [3.63, 3.8) is 0 Å². The fourth-order valence-electron chi connectivity index (χ4n) is 0.693. The second-order valence-corrected chi connectivity index (χ2v) is 2.93. The summed E-state index contributed by atoms with van der Waals surface area (Å²) in [6.07, 6.45) is 2.66. The van der Waals surface area contributed by atoms with Crippen molar-refractivity contribution in [3.8, 4) is 0 Å². The second-order valence-electron chi connectivity index (χ2n) is 2.01. The molecule has 3 nitrogen and oxygen atoms in total. The van der Waals surface area contributed by atoms with Gasteiger partial charge in [-0.1, -0.05) is 0 Å². The van der Waals surface area contributed by atoms with E-state index in [9.17, 15) is 9.18 Å². The summed E-state index contributed by atoms with van der Waals surface area (Å²) in [7, 11) is 0. The van der Waals surface area contributed by atoms with Gasteiger partial charge in [-0.2, -0.15) is 4.39 Å². The van der Waals surface area contributed by atoms with Crippen LogP contribution in [-0.2, 0) is 11.3 Å². The molecule has 1 rings (SSSR count). The molecule has 0 amide bonds. The summed E-state index contributed by atoms with van der Waals surface area (Å²) >= 11 is 3.12. The number of hydrogen-bond acceptors (Lipinski definition) is 3. The summed E-state index contributed by atoms with van der Waals surface area (Å²) in [6.45, 7) is -0.0260. The first kappa shape index (κ1) is 9.03. The van der Waals surface area contributed by atoms with Crippen molar-refractivity contribution in [2.24, 2.45) is 4.99 Å². The fraction of sp³-hybridized carbons (Fsp3) is 0.143. The molecule has 0 unspecified atom stereocenters. The molecule has 0 aliphatic carbocycles. The molecule has 1 heterocycles. The van der Waals surface area contributed by atoms with Gasteiger partial charge in [-0.25, -0.2) is 14.8 Å². The summed E-state index contributed by atoms with van der Waals surface area (Å²) in [6, 6.07) is 1.52. The molecule has 0 fully saturated rings. The number of carbonyl (C=O) groups excluding carboxylic acids is 1. The normalized spacial score (nSPS) is 9.17. The van der Waals surface area contributed by atoms with E-state index in [4.69, 9.17) is 0 Å². The van der Waals surface area contributed by atoms with Crippen LogP contribution in [-0.4, -0.2) is 11.1 Å². The van der Waals surface area contributed by atoms with E-state index in [1.165, 1.54) is 18.3 Å². The Bertz CT molecular complexity index is 336. The fourth-order valence-corrected chi connectivity index (χ4v) is 1.07. The minimum atomic E-state index is -0.614. The van der Waals surface area contributed by atoms with Gasteiger partial charge in [-0.05, 0) is 22.0 Å². The van der Waals surface area contributed by atoms with Crippen molar-refractivity contribution in [3.05, 3.63) is 28.2 Å². The largest absolute Gasteiger partial charge is 0.235 e. The molecule has 1 aromatic heterocycles. The van der Waals surface area contributed by atoms with Crippen LogP contribution < -0.4 is 0 Å². The average molecular weight is 231 g/mol. The van der Waals surface area contributed by atoms with Crippen LogP contribution in [0.2, 0.25) is 0 Å². The molecule has 0 aromatic carbocycles. The van der Waals surface area contributed by atoms with Gasteiger partial charge in [0.15, 0.2) is 0 Å². The van der Waals surface area contributed by atoms with E-state index in [1.54, 1.807) is 0 Å². The summed E-state index contributed by atoms with van der Waals surface area (Å²) in [5.41, 5.74) is 0.271. The lowest BCUT2D eigenvalue weighted by atomic mass is 10.3. The van der Waals surface area contributed by atoms with Crippen molar-refractivity contribution >= 4 is 22.0 Å². The molecule has 0 spiro atoms. The van der Waals surface area contributed by atoms with Crippen LogP contribution in [0.15, 0.2) is 21.7 Å². The van der Waals surface area contributed by atoms with Crippen LogP contribution in [0.3, 0.4) is 0 Å². The number of nitrogens with zero attached hydrogens (tertiary/aromatic N) is 2. The highest BCUT2D eigenvalue weighted by molar-refractivity contribution is 9.10. The molecule has 62 valence electrons. The number of pyridine rings is 1. The predicted molar refractivity (Wildman–Crippen MR) is 43.7 cm³/mol. The average Bonchev–Trinajstić information content (AvgIpc) is 2.07. The molecular formula is C7H4BrFN2O. The van der Waals surface area contributed by atoms with Gasteiger partial charge in [0.2, 0.25) is 12.0 Å². The lowest BCUT2D eigenvalue weighted by Gasteiger charge is -1.96. The first-order valence-corrected chi connectivity index (χ1v) is 3.87. The van der Waals surface area contributed by atoms with E-state index in [0.717, 1.165) is 0 Å². The van der Waals surface area contributed by atoms with Gasteiger partial charge < -0.3 is 0 Å². The van der Waals surface area contributed by atoms with Crippen molar-refractivity contribution in [1.29, 1.82) is 0 Å². The highest BCUT2D eigenvalue weighted by Gasteiger charge is 2.02. The monoisotopic (exact) mass is 230 g/mol. The van der Waals surface area contributed by atoms with Gasteiger partial charge in [-0.15, -0.1) is 0 Å². The summed E-state index contributed by atoms with van der Waals surface area (Å²) in [5, 5.41) is 0. The minimum Gasteiger partial charge on any atom is -0.227 e. The Morgan fingerprint density at radius 3 is 3.17 bits per heavy atom. The number of hydrogen-bond donors (Lipinski definition) is 0. The van der Waals surface area contributed by atoms with Gasteiger partial charge in [0.05, 0.1) is 6.54 Å². The first-order valence-electron chi connectivity index (χ1n) is 3.07. The number of isocyanates is 1. The maximum Gasteiger partial charge on any atom is 0.235 e. The third-order valence-electron chi connectivity index (χ3n) is 1.19. The van der Waals surface area contributed by atoms with E-state index >= 15 is 0 Å². The zero-order chi connectivity index (χ0) is 8.97. The van der Waals surface area contributed by atoms with E-state index < -0.39 is 5.95 Å². The van der Waals surface area contributed by atoms with Crippen LogP contribution in [0.25, 0.3) is 0 Å². The maximum absolute atomic E-state index is 12.8. The molecule has 0 saturated carbocycles. The summed E-state index contributed by atoms with van der Waals surface area (Å²) in [5.74, 6) is -0.614. The van der Waals surface area contributed by atoms with Crippen LogP contribution in [0.5, 0.6) is 0 Å². The van der Waals surface area contributed by atoms with Crippen molar-refractivity contribution in [1.82, 2.24) is 4.98 Å². The molecule has 5 heteroatoms. The third kappa shape index (κ3) is 2.22. The highest BCUT2D eigenvalue weighted by Crippen LogP contribution is 2.13. The summed E-state index contributed by atoms with van der Waals surface area (Å²) in [4.78, 5) is 16.4. The molecule has 0 radical (unpaired) electrons. The number of aromatic nitrogens is 1. The Balaban J connectivity index is 2.96. The first-order chi connectivity index (χ1) is 5.74. The standard InChI is InChI=1S/C7H4BrFN2O/c8-6-1-5(2-10-4-12)7(9)11-3-6/h1,3H,2H2. The van der Waals surface area contributed by atoms with Gasteiger partial charge in [-0.3, -0.25) is 0 Å². The second kappa shape index (κ2) is 4.09. The van der Waals surface area contributed by atoms with E-state index in [2.05, 4.69) is 25.9 Å². The Kier molecular flexibility index (Phi) is 3.08. The molecule has 0 aliphatic rings. The number of aliphatic imine (C=N–C) groups is 1. The van der Waals surface area contributed by atoms with Gasteiger partial charge in [0.1, 0.15) is 0 Å². The number of rotatable bonds is 2. The smallest absolute Gasteiger partial charge is 0.227 e. The quantitative estimate of drug-likeness (QED) is 0.442. The van der Waals surface area contributed by atoms with Crippen molar-refractivity contribution in [2.45, 2.75) is 6.54 Å². The Morgan fingerprint density at radius 2 is 2.50 bits per heavy atom. The van der Waals surface area contributed by atoms with E-state index in [-0.39, 0.29) is 12.1 Å². The Hall–Kier alpha value is -1.06. The third-order valence-corrected chi connectivity index (χ3v) is 1.63. The molecule has 1 aromatic rings. The SMILES string of the molecule is O=C=NCc1cc(Br)cnc1F. The molecule has 0 aliphatic heterocycles. The zero-order valence-corrected chi connectivity index (χ0v) is 7.51. The van der Waals surface area contributed by atoms with Gasteiger partial charge in [0.25, 0.3) is 0 Å². The van der Waals surface area contributed by atoms with Crippen molar-refractivity contribution < 1.29 is 9.18 Å². The molecule has 12 heavy (non-hydrogen) atoms. The van der Waals surface area contributed by atoms with Crippen molar-refractivity contribution in [2.75, 3.05) is 0 Å². The van der Waals surface area contributed by atoms with Crippen LogP contribution in [0.1, 0.15) is 5.56 Å². The number of halogens is 2. The van der Waals surface area contributed by atoms with Crippen LogP contribution >= 0.6 is 15.9 Å². The molecule has 0 N–H and O–H groups in total. The molecule has 0 saturated heterocycles. The zero-order valence-electron chi connectivity index (χ0n) is 5.92.